The van der Waals surface area contributed by atoms with Gasteiger partial charge in [-0.2, -0.15) is 0 Å². The minimum atomic E-state index is -1.24. The van der Waals surface area contributed by atoms with E-state index in [-0.39, 0.29) is 39.4 Å². The van der Waals surface area contributed by atoms with Crippen molar-refractivity contribution in [2.24, 2.45) is 0 Å². The first kappa shape index (κ1) is 47.9. The topological polar surface area (TPSA) is 143 Å². The molecule has 0 aromatic heterocycles. The predicted octanol–water partition coefficient (Wildman–Crippen LogP) is 3.34. The first-order valence-electron chi connectivity index (χ1n) is 9.35. The fourth-order valence-corrected chi connectivity index (χ4v) is 3.09. The van der Waals surface area contributed by atoms with Crippen LogP contribution >= 0.6 is 0 Å². The van der Waals surface area contributed by atoms with E-state index in [1.54, 1.807) is 12.1 Å². The van der Waals surface area contributed by atoms with E-state index in [0.717, 1.165) is 25.2 Å². The molecule has 1 atom stereocenters. The van der Waals surface area contributed by atoms with E-state index in [2.05, 4.69) is 44.8 Å². The van der Waals surface area contributed by atoms with Gasteiger partial charge in [0.2, 0.25) is 0 Å². The largest absolute Gasteiger partial charge is 0 e. The molecule has 8 nitrogen and oxygen atoms in total. The first-order valence-corrected chi connectivity index (χ1v) is 9.35. The third kappa shape index (κ3) is 19.5. The van der Waals surface area contributed by atoms with Gasteiger partial charge in [0.15, 0.2) is 0 Å². The molecule has 1 N–H and O–H groups in total. The number of hydrogen-bond acceptors (Lipinski definition) is 2. The van der Waals surface area contributed by atoms with E-state index in [1.807, 2.05) is 43.2 Å². The van der Waals surface area contributed by atoms with Crippen LogP contribution in [0.25, 0.3) is 0 Å². The van der Waals surface area contributed by atoms with Crippen LogP contribution in [0, 0.1) is 58.6 Å². The molecule has 2 aromatic rings. The number of rotatable bonds is 6. The van der Waals surface area contributed by atoms with Crippen molar-refractivity contribution in [3.05, 3.63) is 124 Å². The molecule has 1 saturated heterocycles. The van der Waals surface area contributed by atoms with Crippen molar-refractivity contribution in [2.75, 3.05) is 19.6 Å². The Hall–Kier alpha value is -2.26. The smallest absolute Gasteiger partial charge is 0 e. The minimum absolute atomic E-state index is 0. The second-order valence-electron chi connectivity index (χ2n) is 6.05. The van der Waals surface area contributed by atoms with Gasteiger partial charge in [0.1, 0.15) is 11.4 Å². The quantitative estimate of drug-likeness (QED) is 0.403. The van der Waals surface area contributed by atoms with Crippen LogP contribution in [0.4, 0.5) is 4.39 Å². The Bertz CT molecular complexity index is 832. The van der Waals surface area contributed by atoms with Gasteiger partial charge in [-0.1, -0.05) is 42.5 Å². The molecule has 1 unspecified atom stereocenters. The molecular formula is C26H22Co2FNO7. The predicted molar refractivity (Wildman–Crippen MR) is 114 cm³/mol. The molecule has 1 heterocycles. The van der Waals surface area contributed by atoms with Gasteiger partial charge in [-0.25, -0.2) is 4.39 Å². The van der Waals surface area contributed by atoms with Crippen LogP contribution in [0.3, 0.4) is 0 Å². The van der Waals surface area contributed by atoms with Crippen molar-refractivity contribution >= 4 is 0 Å². The molecule has 0 aliphatic carbocycles. The Balaban J connectivity index is -0.000000152. The molecule has 3 rings (SSSR count). The van der Waals surface area contributed by atoms with Crippen molar-refractivity contribution in [3.8, 4) is 0 Å². The van der Waals surface area contributed by atoms with E-state index >= 15 is 0 Å². The molecule has 1 aliphatic heterocycles. The molecule has 2 aromatic carbocycles. The SMILES string of the molecule is OC([CH][CH]CN1CCCC1)(c1ccccc1)c1ccc(F)cc1.[C-]#[O+].[C-]#[O+].[C-]#[O+].[C-]#[O+].[C-]#[O+].[C-]#[O+].[Co].[Co]. The first-order chi connectivity index (χ1) is 17.2. The van der Waals surface area contributed by atoms with E-state index < -0.39 is 5.60 Å². The third-order valence-corrected chi connectivity index (χ3v) is 4.42. The minimum Gasteiger partial charge on any atom is 0 e. The molecule has 0 spiro atoms. The monoisotopic (exact) mass is 597 g/mol. The molecular weight excluding hydrogens is 575 g/mol. The van der Waals surface area contributed by atoms with E-state index in [0.29, 0.717) is 5.56 Å². The molecule has 4 radical (unpaired) electrons. The van der Waals surface area contributed by atoms with Crippen LogP contribution in [0.5, 0.6) is 0 Å². The summed E-state index contributed by atoms with van der Waals surface area (Å²) in [7, 11) is 0. The van der Waals surface area contributed by atoms with Crippen LogP contribution in [-0.2, 0) is 67.1 Å². The summed E-state index contributed by atoms with van der Waals surface area (Å²) in [5, 5.41) is 11.3. The summed E-state index contributed by atoms with van der Waals surface area (Å²) in [5.74, 6) is -0.301. The standard InChI is InChI=1S/C20H22FNO.6CO.2Co/c21-19-11-9-18(10-12-19)20(23,17-7-2-1-3-8-17)13-6-16-22-14-4-5-15-22;6*1-2;;/h1-3,6-13,23H,4-5,14-16H2;;;;;;;;. The van der Waals surface area contributed by atoms with Crippen LogP contribution in [0.2, 0.25) is 0 Å². The third-order valence-electron chi connectivity index (χ3n) is 4.42. The van der Waals surface area contributed by atoms with Crippen LogP contribution < -0.4 is 0 Å². The normalized spacial score (nSPS) is 11.5. The Kier molecular flexibility index (Phi) is 46.5. The summed E-state index contributed by atoms with van der Waals surface area (Å²) in [6.45, 7) is 30.1. The Morgan fingerprint density at radius 3 is 1.49 bits per heavy atom. The van der Waals surface area contributed by atoms with Crippen molar-refractivity contribution in [2.45, 2.75) is 18.4 Å². The van der Waals surface area contributed by atoms with E-state index in [9.17, 15) is 9.50 Å². The number of aliphatic hydroxyl groups is 1. The summed E-state index contributed by atoms with van der Waals surface area (Å²) < 4.78 is 58.2. The van der Waals surface area contributed by atoms with Gasteiger partial charge in [-0.3, -0.25) is 0 Å². The molecule has 1 aliphatic rings. The summed E-state index contributed by atoms with van der Waals surface area (Å²) in [5.41, 5.74) is 0.210. The van der Waals surface area contributed by atoms with Gasteiger partial charge in [0.25, 0.3) is 0 Å². The molecule has 198 valence electrons. The molecule has 1 fully saturated rings. The zero-order valence-electron chi connectivity index (χ0n) is 19.3. The van der Waals surface area contributed by atoms with Gasteiger partial charge in [-0.15, -0.1) is 0 Å². The molecule has 0 amide bonds. The molecule has 0 bridgehead atoms. The van der Waals surface area contributed by atoms with Gasteiger partial charge in [-0.05, 0) is 55.6 Å². The number of benzene rings is 2. The summed E-state index contributed by atoms with van der Waals surface area (Å²) in [4.78, 5) is 2.37. The summed E-state index contributed by atoms with van der Waals surface area (Å²) >= 11 is 0. The number of hydrogen-bond donors (Lipinski definition) is 1. The van der Waals surface area contributed by atoms with Gasteiger partial charge >= 0.3 is 67.8 Å². The van der Waals surface area contributed by atoms with Crippen molar-refractivity contribution in [3.63, 3.8) is 0 Å². The van der Waals surface area contributed by atoms with Crippen LogP contribution in [-0.4, -0.2) is 29.6 Å². The Morgan fingerprint density at radius 2 is 1.08 bits per heavy atom. The van der Waals surface area contributed by atoms with Gasteiger partial charge < -0.3 is 10.0 Å². The number of likely N-dealkylation sites (tertiary alicyclic amines) is 1. The summed E-state index contributed by atoms with van der Waals surface area (Å²) in [6.07, 6.45) is 6.33. The molecule has 37 heavy (non-hydrogen) atoms. The zero-order chi connectivity index (χ0) is 28.1. The van der Waals surface area contributed by atoms with E-state index in [1.165, 1.54) is 25.0 Å². The van der Waals surface area contributed by atoms with Crippen LogP contribution in [0.15, 0.2) is 54.6 Å². The average Bonchev–Trinajstić information content (AvgIpc) is 3.50. The second-order valence-corrected chi connectivity index (χ2v) is 6.05. The summed E-state index contributed by atoms with van der Waals surface area (Å²) in [6, 6.07) is 15.6. The fourth-order valence-electron chi connectivity index (χ4n) is 3.09. The van der Waals surface area contributed by atoms with Crippen molar-refractivity contribution < 1.29 is 71.0 Å². The maximum Gasteiger partial charge on any atom is 0 e. The number of nitrogens with zero attached hydrogens (tertiary/aromatic N) is 1. The second kappa shape index (κ2) is 35.9. The molecule has 11 heteroatoms. The Labute approximate surface area is 237 Å². The maximum atomic E-state index is 13.2. The zero-order valence-corrected chi connectivity index (χ0v) is 21.4. The van der Waals surface area contributed by atoms with Gasteiger partial charge in [0, 0.05) is 46.5 Å². The maximum absolute atomic E-state index is 13.2. The van der Waals surface area contributed by atoms with Gasteiger partial charge in [0.05, 0.1) is 0 Å². The van der Waals surface area contributed by atoms with E-state index in [4.69, 9.17) is 27.9 Å². The number of halogens is 1. The van der Waals surface area contributed by atoms with Crippen molar-refractivity contribution in [1.82, 2.24) is 4.90 Å². The molecule has 0 saturated carbocycles. The fraction of sp³-hybridized carbons (Fsp3) is 0.231. The van der Waals surface area contributed by atoms with Crippen molar-refractivity contribution in [1.29, 1.82) is 0 Å². The Morgan fingerprint density at radius 1 is 0.703 bits per heavy atom. The van der Waals surface area contributed by atoms with Crippen LogP contribution in [0.1, 0.15) is 24.0 Å². The average molecular weight is 597 g/mol.